The summed E-state index contributed by atoms with van der Waals surface area (Å²) in [6.07, 6.45) is 0.441. The van der Waals surface area contributed by atoms with Crippen molar-refractivity contribution in [1.82, 2.24) is 14.9 Å². The maximum Gasteiger partial charge on any atom is 0.297 e. The van der Waals surface area contributed by atoms with E-state index in [2.05, 4.69) is 10.3 Å². The molecule has 0 unspecified atom stereocenters. The van der Waals surface area contributed by atoms with Gasteiger partial charge in [-0.3, -0.25) is 9.59 Å². The summed E-state index contributed by atoms with van der Waals surface area (Å²) in [6.45, 7) is 7.80. The van der Waals surface area contributed by atoms with Crippen LogP contribution in [0.1, 0.15) is 37.8 Å². The second-order valence-corrected chi connectivity index (χ2v) is 6.14. The highest BCUT2D eigenvalue weighted by atomic mass is 16.5. The number of para-hydroxylation sites is 1. The van der Waals surface area contributed by atoms with Crippen LogP contribution in [0, 0.1) is 13.8 Å². The van der Waals surface area contributed by atoms with Crippen LogP contribution < -0.4 is 10.5 Å². The topological polar surface area (TPSA) is 81.2 Å². The summed E-state index contributed by atoms with van der Waals surface area (Å²) in [5.41, 5.74) is 1.21. The molecular weight excluding hydrogens is 332 g/mol. The molecule has 7 heteroatoms. The van der Waals surface area contributed by atoms with Gasteiger partial charge in [-0.2, -0.15) is 5.10 Å². The molecule has 1 amide bonds. The summed E-state index contributed by atoms with van der Waals surface area (Å²) in [5, 5.41) is 8.87. The van der Waals surface area contributed by atoms with Crippen molar-refractivity contribution in [2.75, 3.05) is 11.4 Å². The number of amides is 1. The summed E-state index contributed by atoms with van der Waals surface area (Å²) >= 11 is 0. The van der Waals surface area contributed by atoms with Gasteiger partial charge in [-0.15, -0.1) is 0 Å². The van der Waals surface area contributed by atoms with E-state index in [1.54, 1.807) is 18.7 Å². The predicted molar refractivity (Wildman–Crippen MR) is 99.3 cm³/mol. The molecule has 3 aromatic rings. The number of benzene rings is 1. The van der Waals surface area contributed by atoms with Crippen molar-refractivity contribution in [3.05, 3.63) is 52.1 Å². The number of aryl methyl sites for hydroxylation is 2. The third-order valence-electron chi connectivity index (χ3n) is 4.51. The van der Waals surface area contributed by atoms with Crippen LogP contribution in [-0.4, -0.2) is 27.4 Å². The zero-order valence-electron chi connectivity index (χ0n) is 15.4. The molecule has 7 nitrogen and oxygen atoms in total. The number of fused-ring (bicyclic) bond motifs is 1. The molecule has 0 saturated carbocycles. The van der Waals surface area contributed by atoms with Gasteiger partial charge in [0.25, 0.3) is 11.5 Å². The molecule has 0 aliphatic carbocycles. The lowest BCUT2D eigenvalue weighted by Crippen LogP contribution is -2.41. The lowest BCUT2D eigenvalue weighted by Gasteiger charge is -2.26. The fraction of sp³-hybridized carbons (Fsp3) is 0.368. The molecule has 1 atom stereocenters. The minimum atomic E-state index is -0.706. The van der Waals surface area contributed by atoms with Gasteiger partial charge in [0, 0.05) is 12.2 Å². The number of carbonyl (C=O) groups is 1. The number of hydrogen-bond acceptors (Lipinski definition) is 5. The van der Waals surface area contributed by atoms with Gasteiger partial charge in [-0.05, 0) is 39.3 Å². The van der Waals surface area contributed by atoms with E-state index in [1.807, 2.05) is 44.2 Å². The van der Waals surface area contributed by atoms with Crippen LogP contribution in [0.5, 0.6) is 0 Å². The Morgan fingerprint density at radius 1 is 1.23 bits per heavy atom. The van der Waals surface area contributed by atoms with E-state index in [-0.39, 0.29) is 11.4 Å². The second kappa shape index (κ2) is 7.11. The van der Waals surface area contributed by atoms with Crippen molar-refractivity contribution in [2.45, 2.75) is 40.2 Å². The van der Waals surface area contributed by atoms with Crippen LogP contribution in [0.15, 0.2) is 39.6 Å². The number of hydrogen-bond donors (Lipinski definition) is 0. The number of aromatic nitrogens is 3. The van der Waals surface area contributed by atoms with Crippen molar-refractivity contribution in [2.24, 2.45) is 0 Å². The summed E-state index contributed by atoms with van der Waals surface area (Å²) in [6, 6.07) is 8.70. The normalized spacial score (nSPS) is 12.3. The van der Waals surface area contributed by atoms with E-state index < -0.39 is 11.6 Å². The monoisotopic (exact) mass is 354 g/mol. The Bertz CT molecular complexity index is 991. The van der Waals surface area contributed by atoms with E-state index in [1.165, 1.54) is 4.68 Å². The molecule has 0 aliphatic rings. The Balaban J connectivity index is 2.09. The maximum atomic E-state index is 13.2. The standard InChI is InChI=1S/C19H22N4O3/c1-5-15(18(24)22(6-2)14-10-8-7-9-11-14)23-19(25)17-16(12(3)20-23)13(4)26-21-17/h7-11,15H,5-6H2,1-4H3/t15-/m0/s1. The van der Waals surface area contributed by atoms with Crippen molar-refractivity contribution < 1.29 is 9.32 Å². The fourth-order valence-corrected chi connectivity index (χ4v) is 3.23. The van der Waals surface area contributed by atoms with E-state index in [4.69, 9.17) is 4.52 Å². The molecule has 0 N–H and O–H groups in total. The third-order valence-corrected chi connectivity index (χ3v) is 4.51. The minimum absolute atomic E-state index is 0.172. The average molecular weight is 354 g/mol. The summed E-state index contributed by atoms with van der Waals surface area (Å²) in [4.78, 5) is 27.7. The summed E-state index contributed by atoms with van der Waals surface area (Å²) in [7, 11) is 0. The highest BCUT2D eigenvalue weighted by Crippen LogP contribution is 2.22. The smallest absolute Gasteiger partial charge is 0.297 e. The number of carbonyl (C=O) groups excluding carboxylic acids is 1. The quantitative estimate of drug-likeness (QED) is 0.703. The zero-order chi connectivity index (χ0) is 18.8. The maximum absolute atomic E-state index is 13.2. The van der Waals surface area contributed by atoms with Gasteiger partial charge in [0.2, 0.25) is 0 Å². The van der Waals surface area contributed by atoms with E-state index in [9.17, 15) is 9.59 Å². The molecule has 3 rings (SSSR count). The molecule has 1 aromatic carbocycles. The molecule has 0 spiro atoms. The van der Waals surface area contributed by atoms with Gasteiger partial charge in [0.1, 0.15) is 11.8 Å². The van der Waals surface area contributed by atoms with Gasteiger partial charge >= 0.3 is 0 Å². The lowest BCUT2D eigenvalue weighted by atomic mass is 10.1. The van der Waals surface area contributed by atoms with Crippen LogP contribution in [-0.2, 0) is 4.79 Å². The first-order valence-electron chi connectivity index (χ1n) is 8.71. The Morgan fingerprint density at radius 2 is 1.92 bits per heavy atom. The fourth-order valence-electron chi connectivity index (χ4n) is 3.23. The highest BCUT2D eigenvalue weighted by molar-refractivity contribution is 5.96. The van der Waals surface area contributed by atoms with Crippen LogP contribution in [0.3, 0.4) is 0 Å². The number of rotatable bonds is 5. The zero-order valence-corrected chi connectivity index (χ0v) is 15.4. The highest BCUT2D eigenvalue weighted by Gasteiger charge is 2.28. The van der Waals surface area contributed by atoms with Crippen LogP contribution >= 0.6 is 0 Å². The van der Waals surface area contributed by atoms with Crippen LogP contribution in [0.4, 0.5) is 5.69 Å². The van der Waals surface area contributed by atoms with Gasteiger partial charge in [0.15, 0.2) is 5.52 Å². The largest absolute Gasteiger partial charge is 0.360 e. The van der Waals surface area contributed by atoms with E-state index >= 15 is 0 Å². The number of anilines is 1. The molecule has 26 heavy (non-hydrogen) atoms. The van der Waals surface area contributed by atoms with Gasteiger partial charge in [-0.25, -0.2) is 4.68 Å². The SMILES string of the molecule is CC[C@@H](C(=O)N(CC)c1ccccc1)n1nc(C)c2c(C)onc2c1=O. The molecular formula is C19H22N4O3. The van der Waals surface area contributed by atoms with Crippen molar-refractivity contribution >= 4 is 22.5 Å². The third kappa shape index (κ3) is 2.89. The van der Waals surface area contributed by atoms with E-state index in [0.29, 0.717) is 29.8 Å². The van der Waals surface area contributed by atoms with Crippen molar-refractivity contribution in [1.29, 1.82) is 0 Å². The van der Waals surface area contributed by atoms with Gasteiger partial charge in [-0.1, -0.05) is 30.3 Å². The van der Waals surface area contributed by atoms with Crippen LogP contribution in [0.2, 0.25) is 0 Å². The Hall–Kier alpha value is -2.96. The van der Waals surface area contributed by atoms with E-state index in [0.717, 1.165) is 5.69 Å². The number of likely N-dealkylation sites (N-methyl/N-ethyl adjacent to an activating group) is 1. The first kappa shape index (κ1) is 17.8. The lowest BCUT2D eigenvalue weighted by molar-refractivity contribution is -0.122. The number of nitrogens with zero attached hydrogens (tertiary/aromatic N) is 4. The molecule has 2 heterocycles. The molecule has 2 aromatic heterocycles. The molecule has 136 valence electrons. The van der Waals surface area contributed by atoms with Gasteiger partial charge < -0.3 is 9.42 Å². The summed E-state index contributed by atoms with van der Waals surface area (Å²) in [5.74, 6) is 0.378. The Morgan fingerprint density at radius 3 is 2.54 bits per heavy atom. The molecule has 0 saturated heterocycles. The predicted octanol–water partition coefficient (Wildman–Crippen LogP) is 3.01. The Kier molecular flexibility index (Phi) is 4.88. The molecule has 0 aliphatic heterocycles. The molecule has 0 radical (unpaired) electrons. The van der Waals surface area contributed by atoms with Crippen LogP contribution in [0.25, 0.3) is 10.9 Å². The Labute approximate surface area is 151 Å². The van der Waals surface area contributed by atoms with Crippen molar-refractivity contribution in [3.8, 4) is 0 Å². The molecule has 0 bridgehead atoms. The minimum Gasteiger partial charge on any atom is -0.360 e. The molecule has 0 fully saturated rings. The average Bonchev–Trinajstić information content (AvgIpc) is 3.04. The summed E-state index contributed by atoms with van der Waals surface area (Å²) < 4.78 is 6.39. The first-order valence-corrected chi connectivity index (χ1v) is 8.71. The van der Waals surface area contributed by atoms with Crippen molar-refractivity contribution in [3.63, 3.8) is 0 Å². The first-order chi connectivity index (χ1) is 12.5. The second-order valence-electron chi connectivity index (χ2n) is 6.14. The van der Waals surface area contributed by atoms with Gasteiger partial charge in [0.05, 0.1) is 11.1 Å².